The minimum Gasteiger partial charge on any atom is -0.386 e. The van der Waals surface area contributed by atoms with Crippen molar-refractivity contribution in [3.05, 3.63) is 71.8 Å². The third kappa shape index (κ3) is 3.25. The van der Waals surface area contributed by atoms with Crippen molar-refractivity contribution < 1.29 is 9.90 Å². The molecule has 0 aliphatic rings. The van der Waals surface area contributed by atoms with Crippen LogP contribution in [0.4, 0.5) is 0 Å². The van der Waals surface area contributed by atoms with E-state index in [4.69, 9.17) is 0 Å². The average Bonchev–Trinajstić information content (AvgIpc) is 2.48. The van der Waals surface area contributed by atoms with Gasteiger partial charge in [0.2, 0.25) is 0 Å². The van der Waals surface area contributed by atoms with Gasteiger partial charge < -0.3 is 10.4 Å². The molecule has 0 heterocycles. The third-order valence-electron chi connectivity index (χ3n) is 3.27. The van der Waals surface area contributed by atoms with Gasteiger partial charge in [-0.2, -0.15) is 0 Å². The predicted molar refractivity (Wildman–Crippen MR) is 79.4 cm³/mol. The van der Waals surface area contributed by atoms with E-state index in [0.717, 1.165) is 5.56 Å². The summed E-state index contributed by atoms with van der Waals surface area (Å²) in [5.74, 6) is -0.189. The summed E-state index contributed by atoms with van der Waals surface area (Å²) in [5.41, 5.74) is 0.612. The summed E-state index contributed by atoms with van der Waals surface area (Å²) in [4.78, 5) is 12.2. The lowest BCUT2D eigenvalue weighted by Crippen LogP contribution is -2.48. The summed E-state index contributed by atoms with van der Waals surface area (Å²) < 4.78 is 0. The molecule has 1 unspecified atom stereocenters. The molecule has 0 fully saturated rings. The van der Waals surface area contributed by atoms with Crippen LogP contribution >= 0.6 is 0 Å². The standard InChI is InChI=1S/C17H19NO2/c1-17(2,15(19)13-9-5-3-6-10-13)18-16(20)14-11-7-4-8-12-14/h3-12,15,19H,1-2H3,(H,18,20). The van der Waals surface area contributed by atoms with Crippen LogP contribution < -0.4 is 5.32 Å². The van der Waals surface area contributed by atoms with Crippen molar-refractivity contribution in [1.29, 1.82) is 0 Å². The van der Waals surface area contributed by atoms with E-state index in [1.807, 2.05) is 62.4 Å². The van der Waals surface area contributed by atoms with Crippen LogP contribution in [-0.2, 0) is 0 Å². The molecular formula is C17H19NO2. The average molecular weight is 269 g/mol. The van der Waals surface area contributed by atoms with E-state index in [1.54, 1.807) is 12.1 Å². The molecule has 0 radical (unpaired) electrons. The summed E-state index contributed by atoms with van der Waals surface area (Å²) in [5, 5.41) is 13.3. The molecule has 2 rings (SSSR count). The fraction of sp³-hybridized carbons (Fsp3) is 0.235. The van der Waals surface area contributed by atoms with Crippen LogP contribution in [0.15, 0.2) is 60.7 Å². The SMILES string of the molecule is CC(C)(NC(=O)c1ccccc1)C(O)c1ccccc1. The van der Waals surface area contributed by atoms with Gasteiger partial charge in [0.05, 0.1) is 5.54 Å². The quantitative estimate of drug-likeness (QED) is 0.896. The predicted octanol–water partition coefficient (Wildman–Crippen LogP) is 2.93. The van der Waals surface area contributed by atoms with Crippen molar-refractivity contribution in [3.8, 4) is 0 Å². The van der Waals surface area contributed by atoms with Gasteiger partial charge in [-0.3, -0.25) is 4.79 Å². The van der Waals surface area contributed by atoms with E-state index in [1.165, 1.54) is 0 Å². The van der Waals surface area contributed by atoms with E-state index >= 15 is 0 Å². The molecule has 20 heavy (non-hydrogen) atoms. The Hall–Kier alpha value is -2.13. The molecule has 3 nitrogen and oxygen atoms in total. The van der Waals surface area contributed by atoms with Crippen molar-refractivity contribution in [2.45, 2.75) is 25.5 Å². The zero-order chi connectivity index (χ0) is 14.6. The van der Waals surface area contributed by atoms with E-state index < -0.39 is 11.6 Å². The summed E-state index contributed by atoms with van der Waals surface area (Å²) in [6, 6.07) is 18.3. The van der Waals surface area contributed by atoms with Crippen LogP contribution in [-0.4, -0.2) is 16.6 Å². The van der Waals surface area contributed by atoms with Gasteiger partial charge in [-0.15, -0.1) is 0 Å². The van der Waals surface area contributed by atoms with Crippen LogP contribution in [0, 0.1) is 0 Å². The van der Waals surface area contributed by atoms with Crippen molar-refractivity contribution >= 4 is 5.91 Å². The molecule has 0 spiro atoms. The number of aliphatic hydroxyl groups excluding tert-OH is 1. The van der Waals surface area contributed by atoms with Gasteiger partial charge in [0, 0.05) is 5.56 Å². The second-order valence-electron chi connectivity index (χ2n) is 5.36. The van der Waals surface area contributed by atoms with Gasteiger partial charge >= 0.3 is 0 Å². The number of aliphatic hydroxyl groups is 1. The number of hydrogen-bond acceptors (Lipinski definition) is 2. The molecule has 0 bridgehead atoms. The largest absolute Gasteiger partial charge is 0.386 e. The van der Waals surface area contributed by atoms with Crippen LogP contribution in [0.1, 0.15) is 35.9 Å². The minimum absolute atomic E-state index is 0.189. The third-order valence-corrected chi connectivity index (χ3v) is 3.27. The smallest absolute Gasteiger partial charge is 0.251 e. The normalized spacial score (nSPS) is 12.8. The fourth-order valence-electron chi connectivity index (χ4n) is 2.07. The monoisotopic (exact) mass is 269 g/mol. The molecule has 104 valence electrons. The first-order chi connectivity index (χ1) is 9.50. The number of carbonyl (C=O) groups excluding carboxylic acids is 1. The van der Waals surface area contributed by atoms with Crippen LogP contribution in [0.5, 0.6) is 0 Å². The number of amides is 1. The molecule has 0 aliphatic carbocycles. The molecule has 1 amide bonds. The van der Waals surface area contributed by atoms with E-state index in [9.17, 15) is 9.90 Å². The van der Waals surface area contributed by atoms with Crippen molar-refractivity contribution in [2.75, 3.05) is 0 Å². The van der Waals surface area contributed by atoms with E-state index in [-0.39, 0.29) is 5.91 Å². The first-order valence-electron chi connectivity index (χ1n) is 6.61. The number of carbonyl (C=O) groups is 1. The number of benzene rings is 2. The molecule has 0 aromatic heterocycles. The lowest BCUT2D eigenvalue weighted by molar-refractivity contribution is 0.0635. The zero-order valence-corrected chi connectivity index (χ0v) is 11.7. The van der Waals surface area contributed by atoms with Crippen LogP contribution in [0.25, 0.3) is 0 Å². The summed E-state index contributed by atoms with van der Waals surface area (Å²) in [6.07, 6.45) is -0.767. The maximum atomic E-state index is 12.2. The van der Waals surface area contributed by atoms with Gasteiger partial charge in [-0.1, -0.05) is 48.5 Å². The Morgan fingerprint density at radius 3 is 2.05 bits per heavy atom. The second-order valence-corrected chi connectivity index (χ2v) is 5.36. The molecule has 3 heteroatoms. The van der Waals surface area contributed by atoms with Gasteiger partial charge in [0.25, 0.3) is 5.91 Å². The molecule has 0 saturated heterocycles. The maximum absolute atomic E-state index is 12.2. The van der Waals surface area contributed by atoms with Crippen molar-refractivity contribution in [3.63, 3.8) is 0 Å². The fourth-order valence-corrected chi connectivity index (χ4v) is 2.07. The molecular weight excluding hydrogens is 250 g/mol. The Morgan fingerprint density at radius 2 is 1.50 bits per heavy atom. The molecule has 0 aliphatic heterocycles. The number of nitrogens with one attached hydrogen (secondary N) is 1. The lowest BCUT2D eigenvalue weighted by Gasteiger charge is -2.32. The Morgan fingerprint density at radius 1 is 1.00 bits per heavy atom. The molecule has 0 saturated carbocycles. The van der Waals surface area contributed by atoms with Gasteiger partial charge in [-0.05, 0) is 31.5 Å². The highest BCUT2D eigenvalue weighted by Gasteiger charge is 2.30. The highest BCUT2D eigenvalue weighted by atomic mass is 16.3. The van der Waals surface area contributed by atoms with Crippen molar-refractivity contribution in [2.24, 2.45) is 0 Å². The number of hydrogen-bond donors (Lipinski definition) is 2. The van der Waals surface area contributed by atoms with Gasteiger partial charge in [0.1, 0.15) is 6.10 Å². The first-order valence-corrected chi connectivity index (χ1v) is 6.61. The molecule has 2 aromatic carbocycles. The maximum Gasteiger partial charge on any atom is 0.251 e. The van der Waals surface area contributed by atoms with E-state index in [2.05, 4.69) is 5.32 Å². The Kier molecular flexibility index (Phi) is 4.20. The molecule has 2 aromatic rings. The topological polar surface area (TPSA) is 49.3 Å². The van der Waals surface area contributed by atoms with Crippen molar-refractivity contribution in [1.82, 2.24) is 5.32 Å². The Balaban J connectivity index is 2.13. The Labute approximate surface area is 119 Å². The van der Waals surface area contributed by atoms with Crippen LogP contribution in [0.3, 0.4) is 0 Å². The first kappa shape index (κ1) is 14.3. The number of rotatable bonds is 4. The van der Waals surface area contributed by atoms with Gasteiger partial charge in [0.15, 0.2) is 0 Å². The summed E-state index contributed by atoms with van der Waals surface area (Å²) in [6.45, 7) is 3.62. The van der Waals surface area contributed by atoms with Gasteiger partial charge in [-0.25, -0.2) is 0 Å². The zero-order valence-electron chi connectivity index (χ0n) is 11.7. The molecule has 1 atom stereocenters. The Bertz CT molecular complexity index is 564. The van der Waals surface area contributed by atoms with E-state index in [0.29, 0.717) is 5.56 Å². The highest BCUT2D eigenvalue weighted by Crippen LogP contribution is 2.25. The van der Waals surface area contributed by atoms with Crippen LogP contribution in [0.2, 0.25) is 0 Å². The second kappa shape index (κ2) is 5.88. The lowest BCUT2D eigenvalue weighted by atomic mass is 9.91. The highest BCUT2D eigenvalue weighted by molar-refractivity contribution is 5.94. The molecule has 2 N–H and O–H groups in total. The summed E-state index contributed by atoms with van der Waals surface area (Å²) >= 11 is 0. The summed E-state index contributed by atoms with van der Waals surface area (Å²) in [7, 11) is 0. The minimum atomic E-state index is -0.767.